The summed E-state index contributed by atoms with van der Waals surface area (Å²) in [6.07, 6.45) is 3.51. The summed E-state index contributed by atoms with van der Waals surface area (Å²) in [5.74, 6) is -1.09. The van der Waals surface area contributed by atoms with Gasteiger partial charge in [0.25, 0.3) is 15.7 Å². The minimum Gasteiger partial charge on any atom is -0.365 e. The Bertz CT molecular complexity index is 1190. The predicted molar refractivity (Wildman–Crippen MR) is 118 cm³/mol. The number of nitrogens with zero attached hydrogens (tertiary/aromatic N) is 3. The Morgan fingerprint density at radius 3 is 2.44 bits per heavy atom. The molecule has 0 aliphatic heterocycles. The number of sulfone groups is 1. The smallest absolute Gasteiger partial charge is 0.365 e. The van der Waals surface area contributed by atoms with Crippen LogP contribution in [0.4, 0.5) is 24.7 Å². The number of alkyl halides is 3. The van der Waals surface area contributed by atoms with Crippen molar-refractivity contribution in [2.75, 3.05) is 5.32 Å². The molecule has 13 heteroatoms. The normalized spacial score (nSPS) is 21.3. The van der Waals surface area contributed by atoms with E-state index in [2.05, 4.69) is 21.8 Å². The molecule has 1 aromatic carbocycles. The number of halogens is 3. The van der Waals surface area contributed by atoms with E-state index >= 15 is 0 Å². The van der Waals surface area contributed by atoms with E-state index in [0.29, 0.717) is 12.8 Å². The van der Waals surface area contributed by atoms with Crippen molar-refractivity contribution in [1.29, 1.82) is 5.26 Å². The van der Waals surface area contributed by atoms with Gasteiger partial charge >= 0.3 is 5.51 Å². The summed E-state index contributed by atoms with van der Waals surface area (Å²) >= 11 is 0. The number of benzene rings is 1. The van der Waals surface area contributed by atoms with Gasteiger partial charge in [-0.25, -0.2) is 8.42 Å². The van der Waals surface area contributed by atoms with Crippen molar-refractivity contribution in [3.63, 3.8) is 0 Å². The molecule has 0 radical (unpaired) electrons. The van der Waals surface area contributed by atoms with Gasteiger partial charge in [0.05, 0.1) is 22.9 Å². The molecule has 0 saturated heterocycles. The molecule has 3 rings (SSSR count). The standard InChI is InChI=1S/C21H25F3N6O3S/c1-12(2)27-15-5-8-18(13(9-15)10-25)30-11-17(19(26)31)20(29-30)28-14-3-6-16(7-4-14)34(32,33)21(22,23)24/h3-4,6-7,11-13,15,18,27H,5,8-9H2,1-2H3,(H2,26,31)(H,28,29)/t13-,15+,18+/m1/s1. The van der Waals surface area contributed by atoms with Gasteiger partial charge in [0.15, 0.2) is 5.82 Å². The Balaban J connectivity index is 1.84. The highest BCUT2D eigenvalue weighted by atomic mass is 32.2. The molecular formula is C21H25F3N6O3S. The summed E-state index contributed by atoms with van der Waals surface area (Å²) in [5.41, 5.74) is 0.294. The van der Waals surface area contributed by atoms with Crippen molar-refractivity contribution >= 4 is 27.2 Å². The predicted octanol–water partition coefficient (Wildman–Crippen LogP) is 3.25. The second kappa shape index (κ2) is 9.63. The molecule has 2 aromatic rings. The van der Waals surface area contributed by atoms with Gasteiger partial charge in [-0.15, -0.1) is 0 Å². The number of amides is 1. The number of primary amides is 1. The summed E-state index contributed by atoms with van der Waals surface area (Å²) in [5, 5.41) is 20.3. The highest BCUT2D eigenvalue weighted by molar-refractivity contribution is 7.92. The van der Waals surface area contributed by atoms with Gasteiger partial charge in [-0.2, -0.15) is 23.5 Å². The van der Waals surface area contributed by atoms with Crippen LogP contribution in [0.2, 0.25) is 0 Å². The highest BCUT2D eigenvalue weighted by Crippen LogP contribution is 2.35. The number of nitrogens with two attached hydrogens (primary N) is 1. The molecule has 1 amide bonds. The van der Waals surface area contributed by atoms with Crippen LogP contribution in [-0.2, 0) is 9.84 Å². The Hall–Kier alpha value is -3.11. The average Bonchev–Trinajstić information content (AvgIpc) is 3.16. The number of nitriles is 1. The number of hydrogen-bond acceptors (Lipinski definition) is 7. The van der Waals surface area contributed by atoms with Crippen LogP contribution in [0.3, 0.4) is 0 Å². The first kappa shape index (κ1) is 25.5. The molecule has 34 heavy (non-hydrogen) atoms. The van der Waals surface area contributed by atoms with Gasteiger partial charge in [0, 0.05) is 24.0 Å². The Kier molecular flexibility index (Phi) is 7.23. The maximum Gasteiger partial charge on any atom is 0.501 e. The number of nitrogens with one attached hydrogen (secondary N) is 2. The lowest BCUT2D eigenvalue weighted by molar-refractivity contribution is -0.0436. The second-order valence-electron chi connectivity index (χ2n) is 8.47. The first-order valence-corrected chi connectivity index (χ1v) is 12.0. The number of rotatable bonds is 7. The van der Waals surface area contributed by atoms with E-state index in [4.69, 9.17) is 5.73 Å². The summed E-state index contributed by atoms with van der Waals surface area (Å²) in [7, 11) is -5.48. The third-order valence-electron chi connectivity index (χ3n) is 5.62. The van der Waals surface area contributed by atoms with Crippen LogP contribution in [0.15, 0.2) is 35.4 Å². The van der Waals surface area contributed by atoms with Crippen LogP contribution in [-0.4, -0.2) is 41.7 Å². The van der Waals surface area contributed by atoms with Crippen molar-refractivity contribution in [2.45, 2.75) is 61.6 Å². The molecule has 0 spiro atoms. The summed E-state index contributed by atoms with van der Waals surface area (Å²) in [6, 6.07) is 6.36. The number of carbonyl (C=O) groups excluding carboxylic acids is 1. The summed E-state index contributed by atoms with van der Waals surface area (Å²) in [4.78, 5) is 11.1. The number of aromatic nitrogens is 2. The van der Waals surface area contributed by atoms with Gasteiger partial charge in [-0.1, -0.05) is 13.8 Å². The van der Waals surface area contributed by atoms with Crippen LogP contribution < -0.4 is 16.4 Å². The highest BCUT2D eigenvalue weighted by Gasteiger charge is 2.46. The fourth-order valence-corrected chi connectivity index (χ4v) is 4.82. The molecule has 1 saturated carbocycles. The molecule has 1 heterocycles. The van der Waals surface area contributed by atoms with Gasteiger partial charge in [-0.05, 0) is 43.5 Å². The fraction of sp³-hybridized carbons (Fsp3) is 0.476. The van der Waals surface area contributed by atoms with E-state index in [1.807, 2.05) is 13.8 Å². The third-order valence-corrected chi connectivity index (χ3v) is 7.12. The Morgan fingerprint density at radius 1 is 1.26 bits per heavy atom. The van der Waals surface area contributed by atoms with Crippen molar-refractivity contribution in [2.24, 2.45) is 11.7 Å². The Labute approximate surface area is 195 Å². The van der Waals surface area contributed by atoms with E-state index in [1.54, 1.807) is 0 Å². The van der Waals surface area contributed by atoms with Crippen molar-refractivity contribution in [1.82, 2.24) is 15.1 Å². The number of anilines is 2. The monoisotopic (exact) mass is 498 g/mol. The van der Waals surface area contributed by atoms with Crippen LogP contribution in [0.5, 0.6) is 0 Å². The number of hydrogen-bond donors (Lipinski definition) is 3. The maximum atomic E-state index is 12.7. The van der Waals surface area contributed by atoms with Crippen LogP contribution >= 0.6 is 0 Å². The first-order chi connectivity index (χ1) is 15.8. The molecule has 1 aliphatic carbocycles. The van der Waals surface area contributed by atoms with Gasteiger partial charge < -0.3 is 16.4 Å². The minimum atomic E-state index is -5.48. The number of carbonyl (C=O) groups is 1. The largest absolute Gasteiger partial charge is 0.501 e. The SMILES string of the molecule is CC(C)N[C@H]1CC[C@H](n2cc(C(N)=O)c(Nc3ccc(S(=O)(=O)C(F)(F)F)cc3)n2)[C@@H](C#N)C1. The average molecular weight is 499 g/mol. The fourth-order valence-electron chi connectivity index (χ4n) is 4.05. The van der Waals surface area contributed by atoms with Gasteiger partial charge in [-0.3, -0.25) is 9.48 Å². The lowest BCUT2D eigenvalue weighted by Crippen LogP contribution is -2.41. The minimum absolute atomic E-state index is 0.0334. The van der Waals surface area contributed by atoms with Crippen molar-refractivity contribution in [3.05, 3.63) is 36.0 Å². The zero-order valence-corrected chi connectivity index (χ0v) is 19.3. The molecule has 3 atom stereocenters. The Morgan fingerprint density at radius 2 is 1.91 bits per heavy atom. The molecule has 1 aromatic heterocycles. The molecule has 0 bridgehead atoms. The van der Waals surface area contributed by atoms with Crippen LogP contribution in [0.25, 0.3) is 0 Å². The lowest BCUT2D eigenvalue weighted by Gasteiger charge is -2.34. The van der Waals surface area contributed by atoms with E-state index in [1.165, 1.54) is 10.9 Å². The van der Waals surface area contributed by atoms with E-state index in [0.717, 1.165) is 30.7 Å². The van der Waals surface area contributed by atoms with Crippen LogP contribution in [0.1, 0.15) is 49.5 Å². The first-order valence-electron chi connectivity index (χ1n) is 10.6. The summed E-state index contributed by atoms with van der Waals surface area (Å²) in [6.45, 7) is 4.06. The molecule has 4 N–H and O–H groups in total. The summed E-state index contributed by atoms with van der Waals surface area (Å²) < 4.78 is 62.8. The molecule has 9 nitrogen and oxygen atoms in total. The van der Waals surface area contributed by atoms with Gasteiger partial charge in [0.1, 0.15) is 5.56 Å². The van der Waals surface area contributed by atoms with Crippen molar-refractivity contribution < 1.29 is 26.4 Å². The lowest BCUT2D eigenvalue weighted by atomic mass is 9.82. The van der Waals surface area contributed by atoms with Crippen molar-refractivity contribution in [3.8, 4) is 6.07 Å². The molecular weight excluding hydrogens is 473 g/mol. The maximum absolute atomic E-state index is 12.7. The zero-order chi connectivity index (χ0) is 25.3. The third kappa shape index (κ3) is 5.34. The molecule has 0 unspecified atom stereocenters. The second-order valence-corrected chi connectivity index (χ2v) is 10.4. The topological polar surface area (TPSA) is 143 Å². The van der Waals surface area contributed by atoms with E-state index in [9.17, 15) is 31.6 Å². The quantitative estimate of drug-likeness (QED) is 0.532. The van der Waals surface area contributed by atoms with E-state index in [-0.39, 0.29) is 41.1 Å². The zero-order valence-electron chi connectivity index (χ0n) is 18.5. The van der Waals surface area contributed by atoms with Gasteiger partial charge in [0.2, 0.25) is 0 Å². The molecule has 1 fully saturated rings. The van der Waals surface area contributed by atoms with E-state index < -0.39 is 26.1 Å². The molecule has 1 aliphatic rings. The van der Waals surface area contributed by atoms with Crippen LogP contribution in [0, 0.1) is 17.2 Å². The molecule has 184 valence electrons.